The summed E-state index contributed by atoms with van der Waals surface area (Å²) < 4.78 is 5.96. The molecule has 6 heteroatoms. The molecule has 0 spiro atoms. The van der Waals surface area contributed by atoms with Crippen LogP contribution in [0.5, 0.6) is 5.88 Å². The van der Waals surface area contributed by atoms with Gasteiger partial charge >= 0.3 is 0 Å². The van der Waals surface area contributed by atoms with Gasteiger partial charge in [0.05, 0.1) is 0 Å². The molecular formula is C26H32N4O2. The molecule has 1 N–H and O–H groups in total. The van der Waals surface area contributed by atoms with Crippen molar-refractivity contribution in [3.8, 4) is 5.88 Å². The smallest absolute Gasteiger partial charge is 0.226 e. The van der Waals surface area contributed by atoms with Gasteiger partial charge in [0.15, 0.2) is 0 Å². The molecule has 0 saturated carbocycles. The summed E-state index contributed by atoms with van der Waals surface area (Å²) >= 11 is 0. The van der Waals surface area contributed by atoms with Gasteiger partial charge in [-0.2, -0.15) is 4.98 Å². The molecular weight excluding hydrogens is 400 g/mol. The quantitative estimate of drug-likeness (QED) is 0.765. The van der Waals surface area contributed by atoms with Gasteiger partial charge in [0.2, 0.25) is 12.2 Å². The second-order valence-corrected chi connectivity index (χ2v) is 9.37. The Balaban J connectivity index is 1.45. The van der Waals surface area contributed by atoms with Crippen molar-refractivity contribution in [2.45, 2.75) is 39.5 Å². The average Bonchev–Trinajstić information content (AvgIpc) is 2.93. The third-order valence-corrected chi connectivity index (χ3v) is 6.94. The van der Waals surface area contributed by atoms with E-state index in [1.165, 1.54) is 5.57 Å². The summed E-state index contributed by atoms with van der Waals surface area (Å²) in [6.07, 6.45) is 12.7. The van der Waals surface area contributed by atoms with Crippen molar-refractivity contribution in [1.82, 2.24) is 14.8 Å². The number of aliphatic hydroxyl groups is 1. The third-order valence-electron chi connectivity index (χ3n) is 6.94. The summed E-state index contributed by atoms with van der Waals surface area (Å²) in [4.78, 5) is 11.6. The van der Waals surface area contributed by atoms with Gasteiger partial charge in [0.1, 0.15) is 5.82 Å². The Kier molecular flexibility index (Phi) is 5.43. The highest BCUT2D eigenvalue weighted by atomic mass is 16.6. The predicted molar refractivity (Wildman–Crippen MR) is 128 cm³/mol. The van der Waals surface area contributed by atoms with Crippen LogP contribution >= 0.6 is 0 Å². The Morgan fingerprint density at radius 3 is 2.75 bits per heavy atom. The topological polar surface area (TPSA) is 52.1 Å². The summed E-state index contributed by atoms with van der Waals surface area (Å²) in [7, 11) is 2.16. The van der Waals surface area contributed by atoms with Crippen LogP contribution in [0.4, 0.5) is 5.82 Å². The maximum Gasteiger partial charge on any atom is 0.226 e. The number of likely N-dealkylation sites (N-methyl/N-ethyl adjacent to an activating group) is 1. The van der Waals surface area contributed by atoms with E-state index in [0.29, 0.717) is 11.9 Å². The van der Waals surface area contributed by atoms with Crippen LogP contribution in [0.2, 0.25) is 0 Å². The minimum atomic E-state index is -1.03. The second kappa shape index (κ2) is 8.26. The van der Waals surface area contributed by atoms with Crippen LogP contribution in [0.1, 0.15) is 32.8 Å². The minimum absolute atomic E-state index is 0.264. The molecule has 3 atom stereocenters. The van der Waals surface area contributed by atoms with E-state index in [9.17, 15) is 5.11 Å². The van der Waals surface area contributed by atoms with Gasteiger partial charge in [0.25, 0.3) is 0 Å². The number of nitrogens with zero attached hydrogens (tertiary/aromatic N) is 4. The van der Waals surface area contributed by atoms with Gasteiger partial charge in [-0.15, -0.1) is 0 Å². The van der Waals surface area contributed by atoms with E-state index < -0.39 is 6.29 Å². The lowest BCUT2D eigenvalue weighted by molar-refractivity contribution is 0.0102. The number of anilines is 1. The van der Waals surface area contributed by atoms with Crippen molar-refractivity contribution in [2.24, 2.45) is 5.92 Å². The molecule has 4 aliphatic heterocycles. The minimum Gasteiger partial charge on any atom is -0.443 e. The number of pyridine rings is 1. The Hall–Kier alpha value is -2.83. The molecule has 4 aliphatic rings. The molecule has 1 saturated heterocycles. The van der Waals surface area contributed by atoms with Crippen LogP contribution in [-0.2, 0) is 0 Å². The number of fused-ring (bicyclic) bond motifs is 2. The normalized spacial score (nSPS) is 28.0. The zero-order valence-electron chi connectivity index (χ0n) is 19.3. The summed E-state index contributed by atoms with van der Waals surface area (Å²) in [5.74, 6) is 1.67. The number of ether oxygens (including phenoxy) is 1. The molecule has 0 bridgehead atoms. The Morgan fingerprint density at radius 1 is 1.09 bits per heavy atom. The lowest BCUT2D eigenvalue weighted by Crippen LogP contribution is -2.50. The van der Waals surface area contributed by atoms with Crippen molar-refractivity contribution in [2.75, 3.05) is 31.6 Å². The lowest BCUT2D eigenvalue weighted by Gasteiger charge is -2.38. The molecule has 0 radical (unpaired) electrons. The highest BCUT2D eigenvalue weighted by Crippen LogP contribution is 2.38. The number of allylic oxidation sites excluding steroid dienone is 4. The first kappa shape index (κ1) is 21.0. The first-order chi connectivity index (χ1) is 15.4. The number of aliphatic hydroxyl groups excluding tert-OH is 1. The summed E-state index contributed by atoms with van der Waals surface area (Å²) in [6.45, 7) is 9.40. The fourth-order valence-electron chi connectivity index (χ4n) is 4.70. The maximum atomic E-state index is 10.9. The highest BCUT2D eigenvalue weighted by molar-refractivity contribution is 5.67. The number of hydrogen-bond acceptors (Lipinski definition) is 6. The molecule has 0 amide bonds. The summed E-state index contributed by atoms with van der Waals surface area (Å²) in [5, 5.41) is 10.9. The standard InChI is InChI=1S/C26H32N4O2/c1-17-5-8-21-9-6-18(2)23(16-30(21)14-17)22-13-20-7-10-24(27-25(20)32-26(22)31)29-12-11-28(4)19(3)15-29/h5,7-10,13-14,16,18-19,26,31H,6,11-12,15H2,1-4H3. The number of hydrogen-bond donors (Lipinski definition) is 1. The molecule has 1 aromatic rings. The fraction of sp³-hybridized carbons (Fsp3) is 0.423. The van der Waals surface area contributed by atoms with Crippen LogP contribution in [0, 0.1) is 5.92 Å². The van der Waals surface area contributed by atoms with Crippen LogP contribution in [0.3, 0.4) is 0 Å². The van der Waals surface area contributed by atoms with Gasteiger partial charge in [-0.1, -0.05) is 19.1 Å². The Bertz CT molecular complexity index is 1070. The monoisotopic (exact) mass is 432 g/mol. The van der Waals surface area contributed by atoms with E-state index in [0.717, 1.165) is 54.3 Å². The van der Waals surface area contributed by atoms with E-state index in [1.54, 1.807) is 0 Å². The molecule has 1 aromatic heterocycles. The SMILES string of the molecule is CC1=CN2C=C(C3=Cc4ccc(N5CCN(C)C(C)C5)nc4OC3O)C(C)CC=C2C=C1. The van der Waals surface area contributed by atoms with E-state index in [4.69, 9.17) is 9.72 Å². The number of piperazine rings is 1. The van der Waals surface area contributed by atoms with Gasteiger partial charge in [0, 0.05) is 54.9 Å². The zero-order chi connectivity index (χ0) is 22.4. The number of rotatable bonds is 2. The van der Waals surface area contributed by atoms with Crippen molar-refractivity contribution >= 4 is 11.9 Å². The molecule has 0 aromatic carbocycles. The van der Waals surface area contributed by atoms with E-state index in [2.05, 4.69) is 85.3 Å². The highest BCUT2D eigenvalue weighted by Gasteiger charge is 2.30. The molecule has 5 heterocycles. The van der Waals surface area contributed by atoms with Crippen molar-refractivity contribution in [3.05, 3.63) is 70.7 Å². The Morgan fingerprint density at radius 2 is 1.94 bits per heavy atom. The van der Waals surface area contributed by atoms with E-state index in [-0.39, 0.29) is 5.92 Å². The zero-order valence-corrected chi connectivity index (χ0v) is 19.3. The van der Waals surface area contributed by atoms with Crippen LogP contribution in [0.25, 0.3) is 6.08 Å². The lowest BCUT2D eigenvalue weighted by atomic mass is 9.90. The van der Waals surface area contributed by atoms with E-state index >= 15 is 0 Å². The van der Waals surface area contributed by atoms with Gasteiger partial charge < -0.3 is 24.5 Å². The molecule has 32 heavy (non-hydrogen) atoms. The predicted octanol–water partition coefficient (Wildman–Crippen LogP) is 3.90. The van der Waals surface area contributed by atoms with Crippen molar-refractivity contribution < 1.29 is 9.84 Å². The van der Waals surface area contributed by atoms with Crippen molar-refractivity contribution in [3.63, 3.8) is 0 Å². The summed E-state index contributed by atoms with van der Waals surface area (Å²) in [5.41, 5.74) is 5.17. The average molecular weight is 433 g/mol. The molecule has 168 valence electrons. The van der Waals surface area contributed by atoms with Crippen LogP contribution in [-0.4, -0.2) is 58.9 Å². The summed E-state index contributed by atoms with van der Waals surface area (Å²) in [6, 6.07) is 4.60. The molecule has 1 fully saturated rings. The molecule has 5 rings (SSSR count). The maximum absolute atomic E-state index is 10.9. The first-order valence-corrected chi connectivity index (χ1v) is 11.5. The molecule has 6 nitrogen and oxygen atoms in total. The van der Waals surface area contributed by atoms with Gasteiger partial charge in [-0.3, -0.25) is 0 Å². The van der Waals surface area contributed by atoms with E-state index in [1.807, 2.05) is 6.08 Å². The molecule has 0 aliphatic carbocycles. The third kappa shape index (κ3) is 3.89. The largest absolute Gasteiger partial charge is 0.443 e. The first-order valence-electron chi connectivity index (χ1n) is 11.5. The fourth-order valence-corrected chi connectivity index (χ4v) is 4.70. The van der Waals surface area contributed by atoms with Gasteiger partial charge in [-0.25, -0.2) is 0 Å². The Labute approximate surface area is 190 Å². The van der Waals surface area contributed by atoms with Crippen LogP contribution in [0.15, 0.2) is 65.2 Å². The molecule has 3 unspecified atom stereocenters. The van der Waals surface area contributed by atoms with Crippen LogP contribution < -0.4 is 9.64 Å². The van der Waals surface area contributed by atoms with Gasteiger partial charge in [-0.05, 0) is 68.7 Å². The van der Waals surface area contributed by atoms with Crippen molar-refractivity contribution in [1.29, 1.82) is 0 Å². The number of aromatic nitrogens is 1. The second-order valence-electron chi connectivity index (χ2n) is 9.37.